The van der Waals surface area contributed by atoms with Crippen LogP contribution in [-0.2, 0) is 0 Å². The molecule has 2 amide bonds. The van der Waals surface area contributed by atoms with Crippen molar-refractivity contribution in [3.63, 3.8) is 0 Å². The van der Waals surface area contributed by atoms with Gasteiger partial charge in [0.25, 0.3) is 0 Å². The molecule has 0 radical (unpaired) electrons. The fraction of sp³-hybridized carbons (Fsp3) is 0.500. The molecule has 1 aromatic carbocycles. The molecule has 1 aromatic rings. The summed E-state index contributed by atoms with van der Waals surface area (Å²) in [6.45, 7) is 3.02. The molecule has 104 valence electrons. The molecule has 0 aromatic heterocycles. The van der Waals surface area contributed by atoms with Crippen molar-refractivity contribution in [2.75, 3.05) is 25.5 Å². The maximum atomic E-state index is 12.1. The topological polar surface area (TPSA) is 61.8 Å². The maximum Gasteiger partial charge on any atom is 0.322 e. The Hall–Kier alpha value is -1.75. The summed E-state index contributed by atoms with van der Waals surface area (Å²) in [6, 6.07) is 5.44. The third kappa shape index (κ3) is 3.38. The Balaban J connectivity index is 2.07. The van der Waals surface area contributed by atoms with Gasteiger partial charge in [0.15, 0.2) is 0 Å². The Labute approximate surface area is 113 Å². The molecule has 5 nitrogen and oxygen atoms in total. The number of aliphatic hydroxyl groups excluding tert-OH is 1. The van der Waals surface area contributed by atoms with Crippen LogP contribution in [0.15, 0.2) is 18.2 Å². The summed E-state index contributed by atoms with van der Waals surface area (Å²) < 4.78 is 5.23. The number of likely N-dealkylation sites (tertiary alicyclic amines) is 1. The highest BCUT2D eigenvalue weighted by molar-refractivity contribution is 5.91. The van der Waals surface area contributed by atoms with Gasteiger partial charge in [-0.25, -0.2) is 4.79 Å². The number of ether oxygens (including phenoxy) is 1. The molecular formula is C14H20N2O3. The predicted octanol–water partition coefficient (Wildman–Crippen LogP) is 1.99. The van der Waals surface area contributed by atoms with Gasteiger partial charge in [-0.15, -0.1) is 0 Å². The SMILES string of the molecule is COc1ccc(C)cc1NC(=O)N1CCC[C@@H](O)C1. The quantitative estimate of drug-likeness (QED) is 0.858. The van der Waals surface area contributed by atoms with Crippen molar-refractivity contribution in [3.05, 3.63) is 23.8 Å². The lowest BCUT2D eigenvalue weighted by Crippen LogP contribution is -2.44. The normalized spacial score (nSPS) is 19.1. The highest BCUT2D eigenvalue weighted by Gasteiger charge is 2.22. The third-order valence-electron chi connectivity index (χ3n) is 3.28. The average molecular weight is 264 g/mol. The molecule has 1 atom stereocenters. The van der Waals surface area contributed by atoms with E-state index in [4.69, 9.17) is 4.74 Å². The van der Waals surface area contributed by atoms with E-state index in [0.717, 1.165) is 18.4 Å². The summed E-state index contributed by atoms with van der Waals surface area (Å²) in [5, 5.41) is 12.4. The zero-order valence-electron chi connectivity index (χ0n) is 11.3. The Morgan fingerprint density at radius 1 is 1.53 bits per heavy atom. The molecule has 2 rings (SSSR count). The van der Waals surface area contributed by atoms with Gasteiger partial charge >= 0.3 is 6.03 Å². The van der Waals surface area contributed by atoms with Crippen molar-refractivity contribution in [1.82, 2.24) is 4.90 Å². The van der Waals surface area contributed by atoms with Gasteiger partial charge in [-0.1, -0.05) is 6.07 Å². The number of nitrogens with one attached hydrogen (secondary N) is 1. The van der Waals surface area contributed by atoms with E-state index in [1.165, 1.54) is 0 Å². The van der Waals surface area contributed by atoms with Crippen molar-refractivity contribution in [2.45, 2.75) is 25.9 Å². The molecular weight excluding hydrogens is 244 g/mol. The van der Waals surface area contributed by atoms with Crippen LogP contribution in [0, 0.1) is 6.92 Å². The van der Waals surface area contributed by atoms with E-state index in [1.54, 1.807) is 12.0 Å². The third-order valence-corrected chi connectivity index (χ3v) is 3.28. The van der Waals surface area contributed by atoms with E-state index in [1.807, 2.05) is 25.1 Å². The van der Waals surface area contributed by atoms with Gasteiger partial charge in [0.05, 0.1) is 18.9 Å². The minimum Gasteiger partial charge on any atom is -0.495 e. The Morgan fingerprint density at radius 3 is 3.00 bits per heavy atom. The van der Waals surface area contributed by atoms with Gasteiger partial charge < -0.3 is 20.1 Å². The number of aliphatic hydroxyl groups is 1. The zero-order chi connectivity index (χ0) is 13.8. The molecule has 1 heterocycles. The van der Waals surface area contributed by atoms with Gasteiger partial charge in [-0.2, -0.15) is 0 Å². The summed E-state index contributed by atoms with van der Waals surface area (Å²) >= 11 is 0. The molecule has 0 aliphatic carbocycles. The van der Waals surface area contributed by atoms with Crippen LogP contribution in [-0.4, -0.2) is 42.3 Å². The first kappa shape index (κ1) is 13.7. The number of aryl methyl sites for hydroxylation is 1. The largest absolute Gasteiger partial charge is 0.495 e. The number of β-amino-alcohol motifs (C(OH)–C–C–N with tert-alkyl or cyclic N) is 1. The maximum absolute atomic E-state index is 12.1. The van der Waals surface area contributed by atoms with Crippen molar-refractivity contribution in [2.24, 2.45) is 0 Å². The fourth-order valence-electron chi connectivity index (χ4n) is 2.25. The Morgan fingerprint density at radius 2 is 2.32 bits per heavy atom. The second-order valence-electron chi connectivity index (χ2n) is 4.88. The second-order valence-corrected chi connectivity index (χ2v) is 4.88. The number of rotatable bonds is 2. The molecule has 5 heteroatoms. The molecule has 0 spiro atoms. The van der Waals surface area contributed by atoms with E-state index in [2.05, 4.69) is 5.32 Å². The summed E-state index contributed by atoms with van der Waals surface area (Å²) in [7, 11) is 1.57. The Kier molecular flexibility index (Phi) is 4.27. The number of anilines is 1. The minimum atomic E-state index is -0.418. The number of carbonyl (C=O) groups is 1. The van der Waals surface area contributed by atoms with Gasteiger partial charge in [0, 0.05) is 13.1 Å². The van der Waals surface area contributed by atoms with E-state index in [9.17, 15) is 9.90 Å². The van der Waals surface area contributed by atoms with Gasteiger partial charge in [0.1, 0.15) is 5.75 Å². The number of nitrogens with zero attached hydrogens (tertiary/aromatic N) is 1. The van der Waals surface area contributed by atoms with Gasteiger partial charge in [0.2, 0.25) is 0 Å². The molecule has 1 saturated heterocycles. The van der Waals surface area contributed by atoms with Crippen LogP contribution < -0.4 is 10.1 Å². The lowest BCUT2D eigenvalue weighted by atomic mass is 10.1. The van der Waals surface area contributed by atoms with Crippen LogP contribution in [0.4, 0.5) is 10.5 Å². The number of urea groups is 1. The lowest BCUT2D eigenvalue weighted by Gasteiger charge is -2.30. The average Bonchev–Trinajstić information content (AvgIpc) is 2.39. The van der Waals surface area contributed by atoms with Crippen molar-refractivity contribution in [1.29, 1.82) is 0 Å². The lowest BCUT2D eigenvalue weighted by molar-refractivity contribution is 0.0883. The summed E-state index contributed by atoms with van der Waals surface area (Å²) in [5.74, 6) is 0.636. The van der Waals surface area contributed by atoms with Crippen molar-refractivity contribution >= 4 is 11.7 Å². The number of piperidine rings is 1. The van der Waals surface area contributed by atoms with Crippen LogP contribution in [0.5, 0.6) is 5.75 Å². The van der Waals surface area contributed by atoms with Crippen LogP contribution in [0.1, 0.15) is 18.4 Å². The van der Waals surface area contributed by atoms with Gasteiger partial charge in [-0.3, -0.25) is 0 Å². The number of amides is 2. The molecule has 0 bridgehead atoms. The van der Waals surface area contributed by atoms with E-state index in [0.29, 0.717) is 24.5 Å². The molecule has 0 saturated carbocycles. The number of hydrogen-bond donors (Lipinski definition) is 2. The standard InChI is InChI=1S/C14H20N2O3/c1-10-5-6-13(19-2)12(8-10)15-14(18)16-7-3-4-11(17)9-16/h5-6,8,11,17H,3-4,7,9H2,1-2H3,(H,15,18)/t11-/m1/s1. The zero-order valence-corrected chi connectivity index (χ0v) is 11.3. The van der Waals surface area contributed by atoms with E-state index in [-0.39, 0.29) is 6.03 Å². The predicted molar refractivity (Wildman–Crippen MR) is 73.6 cm³/mol. The molecule has 1 fully saturated rings. The minimum absolute atomic E-state index is 0.192. The molecule has 19 heavy (non-hydrogen) atoms. The molecule has 1 aliphatic heterocycles. The Bertz CT molecular complexity index is 462. The summed E-state index contributed by atoms with van der Waals surface area (Å²) in [5.41, 5.74) is 1.71. The number of hydrogen-bond acceptors (Lipinski definition) is 3. The smallest absolute Gasteiger partial charge is 0.322 e. The fourth-order valence-corrected chi connectivity index (χ4v) is 2.25. The highest BCUT2D eigenvalue weighted by atomic mass is 16.5. The monoisotopic (exact) mass is 264 g/mol. The van der Waals surface area contributed by atoms with E-state index < -0.39 is 6.10 Å². The first-order chi connectivity index (χ1) is 9.10. The number of methoxy groups -OCH3 is 1. The van der Waals surface area contributed by atoms with Crippen molar-refractivity contribution in [3.8, 4) is 5.75 Å². The first-order valence-electron chi connectivity index (χ1n) is 6.49. The number of carbonyl (C=O) groups excluding carboxylic acids is 1. The number of benzene rings is 1. The summed E-state index contributed by atoms with van der Waals surface area (Å²) in [6.07, 6.45) is 1.18. The highest BCUT2D eigenvalue weighted by Crippen LogP contribution is 2.25. The van der Waals surface area contributed by atoms with E-state index >= 15 is 0 Å². The summed E-state index contributed by atoms with van der Waals surface area (Å²) in [4.78, 5) is 13.8. The van der Waals surface area contributed by atoms with Crippen LogP contribution in [0.3, 0.4) is 0 Å². The van der Waals surface area contributed by atoms with Crippen molar-refractivity contribution < 1.29 is 14.6 Å². The van der Waals surface area contributed by atoms with Crippen LogP contribution in [0.25, 0.3) is 0 Å². The second kappa shape index (κ2) is 5.93. The molecule has 0 unspecified atom stereocenters. The molecule has 1 aliphatic rings. The van der Waals surface area contributed by atoms with Crippen LogP contribution >= 0.6 is 0 Å². The van der Waals surface area contributed by atoms with Gasteiger partial charge in [-0.05, 0) is 37.5 Å². The first-order valence-corrected chi connectivity index (χ1v) is 6.49. The van der Waals surface area contributed by atoms with Crippen LogP contribution in [0.2, 0.25) is 0 Å². The molecule has 2 N–H and O–H groups in total.